The Kier molecular flexibility index (Phi) is 5.33. The van der Waals surface area contributed by atoms with Crippen LogP contribution in [0.2, 0.25) is 0 Å². The van der Waals surface area contributed by atoms with Gasteiger partial charge >= 0.3 is 0 Å². The second-order valence-corrected chi connectivity index (χ2v) is 3.20. The zero-order valence-corrected chi connectivity index (χ0v) is 9.01. The smallest absolute Gasteiger partial charge is 0.133 e. The van der Waals surface area contributed by atoms with Crippen LogP contribution in [0.4, 0.5) is 0 Å². The molecular formula is C11H19NO2. The van der Waals surface area contributed by atoms with Crippen molar-refractivity contribution in [1.29, 1.82) is 0 Å². The Labute approximate surface area is 85.4 Å². The lowest BCUT2D eigenvalue weighted by atomic mass is 10.2. The van der Waals surface area contributed by atoms with Gasteiger partial charge in [0.2, 0.25) is 0 Å². The fourth-order valence-electron chi connectivity index (χ4n) is 1.22. The highest BCUT2D eigenvalue weighted by Crippen LogP contribution is 2.11. The van der Waals surface area contributed by atoms with Gasteiger partial charge in [0.25, 0.3) is 0 Å². The van der Waals surface area contributed by atoms with Crippen molar-refractivity contribution in [3.05, 3.63) is 23.7 Å². The van der Waals surface area contributed by atoms with Crippen molar-refractivity contribution in [3.63, 3.8) is 0 Å². The maximum Gasteiger partial charge on any atom is 0.133 e. The van der Waals surface area contributed by atoms with E-state index in [0.29, 0.717) is 6.61 Å². The first-order chi connectivity index (χ1) is 6.88. The van der Waals surface area contributed by atoms with Gasteiger partial charge in [-0.2, -0.15) is 0 Å². The highest BCUT2D eigenvalue weighted by molar-refractivity contribution is 5.15. The number of hydrogen-bond acceptors (Lipinski definition) is 3. The molecule has 0 saturated heterocycles. The third-order valence-electron chi connectivity index (χ3n) is 1.98. The molecule has 0 aliphatic heterocycles. The van der Waals surface area contributed by atoms with E-state index in [1.165, 1.54) is 5.56 Å². The molecule has 0 fully saturated rings. The van der Waals surface area contributed by atoms with Crippen LogP contribution >= 0.6 is 0 Å². The molecule has 0 saturated carbocycles. The normalized spacial score (nSPS) is 10.7. The monoisotopic (exact) mass is 197 g/mol. The molecule has 3 heteroatoms. The predicted octanol–water partition coefficient (Wildman–Crippen LogP) is 2.32. The van der Waals surface area contributed by atoms with Crippen LogP contribution in [0.5, 0.6) is 0 Å². The van der Waals surface area contributed by atoms with Crippen molar-refractivity contribution in [2.45, 2.75) is 33.4 Å². The molecule has 3 nitrogen and oxygen atoms in total. The van der Waals surface area contributed by atoms with Gasteiger partial charge in [0.1, 0.15) is 12.4 Å². The van der Waals surface area contributed by atoms with Crippen molar-refractivity contribution >= 4 is 0 Å². The number of nitrogens with one attached hydrogen (secondary N) is 1. The SMILES string of the molecule is CCCOCc1occc1CNCC. The zero-order valence-electron chi connectivity index (χ0n) is 9.01. The minimum atomic E-state index is 0.585. The highest BCUT2D eigenvalue weighted by Gasteiger charge is 2.04. The summed E-state index contributed by atoms with van der Waals surface area (Å²) in [6.45, 7) is 7.40. The van der Waals surface area contributed by atoms with Crippen LogP contribution < -0.4 is 5.32 Å². The first-order valence-electron chi connectivity index (χ1n) is 5.22. The molecule has 0 spiro atoms. The lowest BCUT2D eigenvalue weighted by Crippen LogP contribution is -2.12. The molecule has 1 rings (SSSR count). The van der Waals surface area contributed by atoms with Crippen molar-refractivity contribution in [2.75, 3.05) is 13.2 Å². The fraction of sp³-hybridized carbons (Fsp3) is 0.636. The molecule has 0 aliphatic rings. The zero-order chi connectivity index (χ0) is 10.2. The second-order valence-electron chi connectivity index (χ2n) is 3.20. The lowest BCUT2D eigenvalue weighted by Gasteiger charge is -2.03. The van der Waals surface area contributed by atoms with Crippen LogP contribution in [0, 0.1) is 0 Å². The average molecular weight is 197 g/mol. The molecule has 0 atom stereocenters. The van der Waals surface area contributed by atoms with Gasteiger partial charge in [0, 0.05) is 18.7 Å². The fourth-order valence-corrected chi connectivity index (χ4v) is 1.22. The summed E-state index contributed by atoms with van der Waals surface area (Å²) < 4.78 is 10.8. The Balaban J connectivity index is 2.37. The van der Waals surface area contributed by atoms with Gasteiger partial charge in [-0.3, -0.25) is 0 Å². The average Bonchev–Trinajstić information content (AvgIpc) is 2.63. The van der Waals surface area contributed by atoms with E-state index in [-0.39, 0.29) is 0 Å². The van der Waals surface area contributed by atoms with E-state index in [1.807, 2.05) is 6.07 Å². The summed E-state index contributed by atoms with van der Waals surface area (Å²) in [5.41, 5.74) is 1.20. The van der Waals surface area contributed by atoms with E-state index in [9.17, 15) is 0 Å². The van der Waals surface area contributed by atoms with Gasteiger partial charge in [-0.15, -0.1) is 0 Å². The van der Waals surface area contributed by atoms with Crippen molar-refractivity contribution in [1.82, 2.24) is 5.32 Å². The Morgan fingerprint density at radius 3 is 3.00 bits per heavy atom. The quantitative estimate of drug-likeness (QED) is 0.681. The summed E-state index contributed by atoms with van der Waals surface area (Å²) in [6.07, 6.45) is 2.76. The summed E-state index contributed by atoms with van der Waals surface area (Å²) in [7, 11) is 0. The van der Waals surface area contributed by atoms with Gasteiger partial charge in [-0.25, -0.2) is 0 Å². The minimum absolute atomic E-state index is 0.585. The molecular weight excluding hydrogens is 178 g/mol. The van der Waals surface area contributed by atoms with Gasteiger partial charge in [0.15, 0.2) is 0 Å². The standard InChI is InChI=1S/C11H19NO2/c1-3-6-13-9-11-10(5-7-14-11)8-12-4-2/h5,7,12H,3-4,6,8-9H2,1-2H3. The van der Waals surface area contributed by atoms with E-state index >= 15 is 0 Å². The van der Waals surface area contributed by atoms with Gasteiger partial charge in [-0.05, 0) is 19.0 Å². The van der Waals surface area contributed by atoms with Gasteiger partial charge in [-0.1, -0.05) is 13.8 Å². The molecule has 0 radical (unpaired) electrons. The van der Waals surface area contributed by atoms with E-state index in [4.69, 9.17) is 9.15 Å². The topological polar surface area (TPSA) is 34.4 Å². The molecule has 1 heterocycles. The van der Waals surface area contributed by atoms with Crippen molar-refractivity contribution in [3.8, 4) is 0 Å². The molecule has 0 unspecified atom stereocenters. The lowest BCUT2D eigenvalue weighted by molar-refractivity contribution is 0.106. The van der Waals surface area contributed by atoms with Crippen LogP contribution in [0.15, 0.2) is 16.7 Å². The molecule has 1 aromatic rings. The van der Waals surface area contributed by atoms with Crippen LogP contribution in [0.3, 0.4) is 0 Å². The van der Waals surface area contributed by atoms with Crippen molar-refractivity contribution in [2.24, 2.45) is 0 Å². The summed E-state index contributed by atoms with van der Waals surface area (Å²) >= 11 is 0. The van der Waals surface area contributed by atoms with Crippen LogP contribution in [0.25, 0.3) is 0 Å². The van der Waals surface area contributed by atoms with E-state index < -0.39 is 0 Å². The number of rotatable bonds is 7. The number of furan rings is 1. The van der Waals surface area contributed by atoms with Crippen molar-refractivity contribution < 1.29 is 9.15 Å². The largest absolute Gasteiger partial charge is 0.467 e. The molecule has 0 amide bonds. The third-order valence-corrected chi connectivity index (χ3v) is 1.98. The van der Waals surface area contributed by atoms with Crippen LogP contribution in [-0.4, -0.2) is 13.2 Å². The van der Waals surface area contributed by atoms with Gasteiger partial charge < -0.3 is 14.5 Å². The van der Waals surface area contributed by atoms with E-state index in [2.05, 4.69) is 19.2 Å². The molecule has 80 valence electrons. The Morgan fingerprint density at radius 2 is 2.29 bits per heavy atom. The summed E-state index contributed by atoms with van der Waals surface area (Å²) in [6, 6.07) is 1.99. The molecule has 14 heavy (non-hydrogen) atoms. The molecule has 0 aromatic carbocycles. The summed E-state index contributed by atoms with van der Waals surface area (Å²) in [4.78, 5) is 0. The van der Waals surface area contributed by atoms with E-state index in [0.717, 1.165) is 31.9 Å². The maximum atomic E-state index is 5.43. The number of hydrogen-bond donors (Lipinski definition) is 1. The van der Waals surface area contributed by atoms with Crippen LogP contribution in [0.1, 0.15) is 31.6 Å². The molecule has 0 bridgehead atoms. The Bertz CT molecular complexity index is 245. The second kappa shape index (κ2) is 6.62. The highest BCUT2D eigenvalue weighted by atomic mass is 16.5. The molecule has 1 aromatic heterocycles. The summed E-state index contributed by atoms with van der Waals surface area (Å²) in [5.74, 6) is 0.944. The Hall–Kier alpha value is -0.800. The molecule has 1 N–H and O–H groups in total. The first-order valence-corrected chi connectivity index (χ1v) is 5.22. The van der Waals surface area contributed by atoms with Gasteiger partial charge in [0.05, 0.1) is 6.26 Å². The number of ether oxygens (including phenoxy) is 1. The third kappa shape index (κ3) is 3.52. The first kappa shape index (κ1) is 11.3. The Morgan fingerprint density at radius 1 is 1.43 bits per heavy atom. The van der Waals surface area contributed by atoms with Crippen LogP contribution in [-0.2, 0) is 17.9 Å². The maximum absolute atomic E-state index is 5.43. The predicted molar refractivity (Wildman–Crippen MR) is 56.0 cm³/mol. The van der Waals surface area contributed by atoms with E-state index in [1.54, 1.807) is 6.26 Å². The summed E-state index contributed by atoms with van der Waals surface area (Å²) in [5, 5.41) is 3.27. The minimum Gasteiger partial charge on any atom is -0.467 e. The molecule has 0 aliphatic carbocycles.